The zero-order valence-corrected chi connectivity index (χ0v) is 6.93. The van der Waals surface area contributed by atoms with E-state index in [1.54, 1.807) is 0 Å². The summed E-state index contributed by atoms with van der Waals surface area (Å²) in [4.78, 5) is 3.63. The number of nitrogens with zero attached hydrogens (tertiary/aromatic N) is 1. The molecular weight excluding hydrogens is 154 g/mol. The van der Waals surface area contributed by atoms with E-state index < -0.39 is 10.8 Å². The van der Waals surface area contributed by atoms with Crippen LogP contribution in [-0.4, -0.2) is 27.4 Å². The number of hydrogen-bond acceptors (Lipinski definition) is 3. The summed E-state index contributed by atoms with van der Waals surface area (Å²) in [5.41, 5.74) is 0. The third kappa shape index (κ3) is 5.83. The van der Waals surface area contributed by atoms with Crippen molar-refractivity contribution in [2.45, 2.75) is 6.92 Å². The van der Waals surface area contributed by atoms with E-state index in [0.717, 1.165) is 0 Å². The molecular formula is C5H9NOS2. The van der Waals surface area contributed by atoms with Crippen LogP contribution in [0.25, 0.3) is 0 Å². The summed E-state index contributed by atoms with van der Waals surface area (Å²) in [7, 11) is -0.709. The average molecular weight is 163 g/mol. The monoisotopic (exact) mass is 163 g/mol. The highest BCUT2D eigenvalue weighted by Crippen LogP contribution is 1.80. The number of isothiocyanates is 1. The molecule has 0 spiro atoms. The maximum absolute atomic E-state index is 10.7. The Bertz CT molecular complexity index is 140. The molecule has 0 aliphatic carbocycles. The Morgan fingerprint density at radius 2 is 2.44 bits per heavy atom. The zero-order chi connectivity index (χ0) is 7.11. The lowest BCUT2D eigenvalue weighted by atomic mass is 10.8. The van der Waals surface area contributed by atoms with E-state index in [1.807, 2.05) is 6.92 Å². The van der Waals surface area contributed by atoms with Crippen molar-refractivity contribution in [3.63, 3.8) is 0 Å². The van der Waals surface area contributed by atoms with Crippen molar-refractivity contribution >= 4 is 28.2 Å². The molecule has 0 fully saturated rings. The van der Waals surface area contributed by atoms with Crippen molar-refractivity contribution in [3.8, 4) is 0 Å². The molecule has 0 bridgehead atoms. The van der Waals surface area contributed by atoms with E-state index in [0.29, 0.717) is 18.1 Å². The van der Waals surface area contributed by atoms with Crippen LogP contribution in [-0.2, 0) is 10.8 Å². The molecule has 1 unspecified atom stereocenters. The van der Waals surface area contributed by atoms with Crippen molar-refractivity contribution < 1.29 is 4.21 Å². The first-order chi connectivity index (χ1) is 4.31. The van der Waals surface area contributed by atoms with Crippen LogP contribution < -0.4 is 0 Å². The van der Waals surface area contributed by atoms with Gasteiger partial charge in [-0.25, -0.2) is 4.99 Å². The van der Waals surface area contributed by atoms with Gasteiger partial charge in [-0.15, -0.1) is 0 Å². The third-order valence-electron chi connectivity index (χ3n) is 0.817. The number of rotatable bonds is 4. The molecule has 0 rings (SSSR count). The fraction of sp³-hybridized carbons (Fsp3) is 0.800. The van der Waals surface area contributed by atoms with Crippen LogP contribution in [0.3, 0.4) is 0 Å². The molecule has 0 aliphatic rings. The fourth-order valence-corrected chi connectivity index (χ4v) is 1.01. The number of hydrogen-bond donors (Lipinski definition) is 0. The molecule has 0 amide bonds. The van der Waals surface area contributed by atoms with Gasteiger partial charge in [0.1, 0.15) is 0 Å². The first-order valence-corrected chi connectivity index (χ1v) is 4.59. The van der Waals surface area contributed by atoms with Crippen LogP contribution in [0.15, 0.2) is 4.99 Å². The summed E-state index contributed by atoms with van der Waals surface area (Å²) in [6, 6.07) is 0. The van der Waals surface area contributed by atoms with Gasteiger partial charge in [0.05, 0.1) is 11.7 Å². The van der Waals surface area contributed by atoms with Gasteiger partial charge in [-0.2, -0.15) is 0 Å². The Hall–Kier alpha value is -0.0500. The highest BCUT2D eigenvalue weighted by molar-refractivity contribution is 7.84. The van der Waals surface area contributed by atoms with Crippen LogP contribution >= 0.6 is 12.2 Å². The summed E-state index contributed by atoms with van der Waals surface area (Å²) < 4.78 is 10.7. The highest BCUT2D eigenvalue weighted by Gasteiger charge is 1.91. The van der Waals surface area contributed by atoms with Gasteiger partial charge in [0.25, 0.3) is 0 Å². The summed E-state index contributed by atoms with van der Waals surface area (Å²) in [6.45, 7) is 2.43. The summed E-state index contributed by atoms with van der Waals surface area (Å²) >= 11 is 4.32. The lowest BCUT2D eigenvalue weighted by Gasteiger charge is -1.90. The van der Waals surface area contributed by atoms with Crippen LogP contribution in [0.4, 0.5) is 0 Å². The van der Waals surface area contributed by atoms with E-state index in [9.17, 15) is 4.21 Å². The molecule has 52 valence electrons. The Morgan fingerprint density at radius 3 is 2.89 bits per heavy atom. The topological polar surface area (TPSA) is 29.4 Å². The normalized spacial score (nSPS) is 12.1. The highest BCUT2D eigenvalue weighted by atomic mass is 32.2. The Labute approximate surface area is 62.8 Å². The van der Waals surface area contributed by atoms with E-state index in [2.05, 4.69) is 22.4 Å². The van der Waals surface area contributed by atoms with Gasteiger partial charge >= 0.3 is 0 Å². The minimum absolute atomic E-state index is 0.546. The summed E-state index contributed by atoms with van der Waals surface area (Å²) in [5.74, 6) is 1.31. The number of aliphatic imine (C=N–C) groups is 1. The second kappa shape index (κ2) is 6.08. The molecule has 0 radical (unpaired) electrons. The molecule has 0 heterocycles. The average Bonchev–Trinajstić information content (AvgIpc) is 1.89. The summed E-state index contributed by atoms with van der Waals surface area (Å²) in [6.07, 6.45) is 0. The van der Waals surface area contributed by atoms with Crippen LogP contribution in [0.5, 0.6) is 0 Å². The Morgan fingerprint density at radius 1 is 1.78 bits per heavy atom. The van der Waals surface area contributed by atoms with Gasteiger partial charge < -0.3 is 0 Å². The summed E-state index contributed by atoms with van der Waals surface area (Å²) in [5, 5.41) is 2.22. The quantitative estimate of drug-likeness (QED) is 0.454. The minimum atomic E-state index is -0.709. The molecule has 0 aromatic heterocycles. The van der Waals surface area contributed by atoms with E-state index in [4.69, 9.17) is 0 Å². The van der Waals surface area contributed by atoms with Crippen molar-refractivity contribution in [2.24, 2.45) is 4.99 Å². The predicted molar refractivity (Wildman–Crippen MR) is 43.4 cm³/mol. The second-order valence-corrected chi connectivity index (χ2v) is 3.45. The van der Waals surface area contributed by atoms with Crippen LogP contribution in [0, 0.1) is 0 Å². The number of thiocarbonyl (C=S) groups is 1. The molecule has 0 N–H and O–H groups in total. The Kier molecular flexibility index (Phi) is 6.04. The molecule has 2 nitrogen and oxygen atoms in total. The van der Waals surface area contributed by atoms with Crippen molar-refractivity contribution in [2.75, 3.05) is 18.1 Å². The maximum Gasteiger partial charge on any atom is 0.0608 e. The molecule has 0 aromatic carbocycles. The lowest BCUT2D eigenvalue weighted by Crippen LogP contribution is -2.01. The molecule has 0 aromatic rings. The first kappa shape index (κ1) is 8.95. The second-order valence-electron chi connectivity index (χ2n) is 1.41. The van der Waals surface area contributed by atoms with E-state index in [1.165, 1.54) is 0 Å². The molecule has 0 aliphatic heterocycles. The lowest BCUT2D eigenvalue weighted by molar-refractivity contribution is 0.683. The third-order valence-corrected chi connectivity index (χ3v) is 2.23. The van der Waals surface area contributed by atoms with Crippen molar-refractivity contribution in [1.29, 1.82) is 0 Å². The standard InChI is InChI=1S/C5H9NOS2/c1-2-9(7)4-3-6-5-8/h2-4H2,1H3. The molecule has 1 atom stereocenters. The van der Waals surface area contributed by atoms with Gasteiger partial charge in [-0.3, -0.25) is 4.21 Å². The van der Waals surface area contributed by atoms with Gasteiger partial charge in [0.15, 0.2) is 0 Å². The molecule has 4 heteroatoms. The van der Waals surface area contributed by atoms with Crippen molar-refractivity contribution in [3.05, 3.63) is 0 Å². The van der Waals surface area contributed by atoms with Gasteiger partial charge in [-0.05, 0) is 12.2 Å². The molecule has 0 saturated heterocycles. The van der Waals surface area contributed by atoms with Gasteiger partial charge in [0, 0.05) is 22.3 Å². The van der Waals surface area contributed by atoms with Gasteiger partial charge in [0.2, 0.25) is 0 Å². The molecule has 0 saturated carbocycles. The Balaban J connectivity index is 3.27. The minimum Gasteiger partial charge on any atom is -0.260 e. The largest absolute Gasteiger partial charge is 0.260 e. The van der Waals surface area contributed by atoms with Crippen LogP contribution in [0.2, 0.25) is 0 Å². The first-order valence-electron chi connectivity index (χ1n) is 2.70. The fourth-order valence-electron chi connectivity index (χ4n) is 0.337. The molecule has 9 heavy (non-hydrogen) atoms. The van der Waals surface area contributed by atoms with Crippen molar-refractivity contribution in [1.82, 2.24) is 0 Å². The smallest absolute Gasteiger partial charge is 0.0608 e. The maximum atomic E-state index is 10.7. The van der Waals surface area contributed by atoms with Gasteiger partial charge in [-0.1, -0.05) is 6.92 Å². The van der Waals surface area contributed by atoms with Crippen LogP contribution in [0.1, 0.15) is 6.92 Å². The van der Waals surface area contributed by atoms with E-state index >= 15 is 0 Å². The zero-order valence-electron chi connectivity index (χ0n) is 5.29. The van der Waals surface area contributed by atoms with E-state index in [-0.39, 0.29) is 0 Å². The SMILES string of the molecule is CCS(=O)CCN=C=S. The predicted octanol–water partition coefficient (Wildman–Crippen LogP) is 0.858.